The smallest absolute Gasteiger partial charge is 0.262 e. The number of nitrogens with zero attached hydrogens (tertiary/aromatic N) is 10. The molecule has 10 aliphatic rings. The molecule has 28 nitrogen and oxygen atoms in total. The fourth-order valence-electron chi connectivity index (χ4n) is 16.7. The van der Waals surface area contributed by atoms with Gasteiger partial charge < -0.3 is 47.4 Å². The minimum absolute atomic E-state index is 0.0893. The maximum atomic E-state index is 13.3. The summed E-state index contributed by atoms with van der Waals surface area (Å²) in [5.41, 5.74) is 5.00. The third kappa shape index (κ3) is 19.4. The standard InChI is InChI=1S/C55H70O10.C42H44N10O8/c1-11-56-46-26-37-22-39-29-51(61-16-6)41(31-50(39)60-15-5)24-43-33-55(65-20-10)45(35-54(43)64-19-9)25-44-34-52(62-17-7)42(32-53(44)63-18-8)23-40-30-48(58-13-3)38(28-49(40)59-14-4)21-36(46)27-47(37)57-12-2;1-41(2,3)51-37(57)29-15-25-26(16-30(29)38(51)58)34(54)49(33(25)53)21-23-19-47(45-43-23)13-11-9-7-8-10-12-14-48-20-24(44-46-48)22-50-35(55)27-17-31-32(18-28(27)36(50)56)40(60)52(39(31)59)42(4,5)6/h26-35H,11-25H2,1-10H3;15-20H,7-14,21-22H2,1-6H3. The molecule has 0 atom stereocenters. The summed E-state index contributed by atoms with van der Waals surface area (Å²) >= 11 is 0. The van der Waals surface area contributed by atoms with Gasteiger partial charge in [0.05, 0.1) is 135 Å². The summed E-state index contributed by atoms with van der Waals surface area (Å²) in [7, 11) is 0. The molecule has 0 unspecified atom stereocenters. The fourth-order valence-corrected chi connectivity index (χ4v) is 16.7. The monoisotopic (exact) mass is 1710 g/mol. The van der Waals surface area contributed by atoms with Crippen LogP contribution in [-0.2, 0) is 69.4 Å². The minimum atomic E-state index is -0.757. The van der Waals surface area contributed by atoms with Crippen molar-refractivity contribution < 1.29 is 47.4 Å². The molecule has 660 valence electrons. The molecule has 0 saturated heterocycles. The van der Waals surface area contributed by atoms with Crippen molar-refractivity contribution in [3.05, 3.63) is 247 Å². The molecule has 0 radical (unpaired) electrons. The van der Waals surface area contributed by atoms with Crippen LogP contribution in [0, 0.1) is 0 Å². The van der Waals surface area contributed by atoms with Crippen LogP contribution in [0.3, 0.4) is 0 Å². The van der Waals surface area contributed by atoms with Crippen molar-refractivity contribution in [2.45, 2.75) is 219 Å². The van der Waals surface area contributed by atoms with Crippen molar-refractivity contribution in [2.75, 3.05) is 66.1 Å². The lowest BCUT2D eigenvalue weighted by Crippen LogP contribution is -2.38. The summed E-state index contributed by atoms with van der Waals surface area (Å²) in [6.07, 6.45) is 11.6. The van der Waals surface area contributed by atoms with Gasteiger partial charge in [-0.05, 0) is 209 Å². The number of fused-ring (bicyclic) bond motifs is 4. The van der Waals surface area contributed by atoms with Crippen LogP contribution in [0.15, 0.2) is 136 Å². The largest absolute Gasteiger partial charge is 0.494 e. The lowest BCUT2D eigenvalue weighted by molar-refractivity contribution is 0.320. The average Bonchev–Trinajstić information content (AvgIpc) is 1.58. The number of ether oxygens (including phenoxy) is 10. The summed E-state index contributed by atoms with van der Waals surface area (Å²) in [4.78, 5) is 105. The molecule has 28 heteroatoms. The molecule has 10 bridgehead atoms. The number of hydrogen-bond donors (Lipinski definition) is 0. The van der Waals surface area contributed by atoms with Crippen LogP contribution >= 0.6 is 0 Å². The summed E-state index contributed by atoms with van der Waals surface area (Å²) in [5, 5.41) is 17.5. The first-order valence-corrected chi connectivity index (χ1v) is 43.8. The molecular weight excluding hydrogens is 1590 g/mol. The van der Waals surface area contributed by atoms with Crippen molar-refractivity contribution in [3.8, 4) is 57.5 Å². The third-order valence-electron chi connectivity index (χ3n) is 22.3. The molecule has 23 rings (SSSR count). The fraction of sp³-hybridized carbons (Fsp3) is 0.443. The Bertz CT molecular complexity index is 5640. The maximum Gasteiger partial charge on any atom is 0.262 e. The summed E-state index contributed by atoms with van der Waals surface area (Å²) < 4.78 is 72.1. The topological polar surface area (TPSA) is 310 Å². The van der Waals surface area contributed by atoms with Gasteiger partial charge >= 0.3 is 0 Å². The second-order valence-corrected chi connectivity index (χ2v) is 33.1. The lowest BCUT2D eigenvalue weighted by Gasteiger charge is -2.21. The third-order valence-corrected chi connectivity index (χ3v) is 22.3. The van der Waals surface area contributed by atoms with E-state index in [4.69, 9.17) is 47.4 Å². The van der Waals surface area contributed by atoms with Gasteiger partial charge in [-0.15, -0.1) is 10.2 Å². The van der Waals surface area contributed by atoms with Crippen molar-refractivity contribution in [1.29, 1.82) is 0 Å². The Morgan fingerprint density at radius 1 is 0.256 bits per heavy atom. The van der Waals surface area contributed by atoms with Gasteiger partial charge in [0.1, 0.15) is 68.9 Å². The zero-order valence-electron chi connectivity index (χ0n) is 74.7. The van der Waals surface area contributed by atoms with Gasteiger partial charge in [-0.3, -0.25) is 66.0 Å². The second kappa shape index (κ2) is 39.1. The molecule has 0 spiro atoms. The van der Waals surface area contributed by atoms with E-state index in [1.165, 1.54) is 24.3 Å². The molecule has 7 aromatic carbocycles. The zero-order chi connectivity index (χ0) is 89.3. The Balaban J connectivity index is 0.000000215. The van der Waals surface area contributed by atoms with Gasteiger partial charge in [-0.1, -0.05) is 36.1 Å². The Hall–Kier alpha value is -12.6. The van der Waals surface area contributed by atoms with E-state index in [1.807, 2.05) is 69.2 Å². The first kappa shape index (κ1) is 90.1. The number of hydrogen-bond acceptors (Lipinski definition) is 22. The van der Waals surface area contributed by atoms with E-state index in [0.29, 0.717) is 123 Å². The first-order valence-electron chi connectivity index (χ1n) is 43.8. The predicted octanol–water partition coefficient (Wildman–Crippen LogP) is 13.9. The Labute approximate surface area is 724 Å². The minimum Gasteiger partial charge on any atom is -0.494 e. The highest BCUT2D eigenvalue weighted by Crippen LogP contribution is 2.44. The van der Waals surface area contributed by atoms with Crippen LogP contribution < -0.4 is 91.8 Å². The van der Waals surface area contributed by atoms with E-state index in [2.05, 4.69) is 81.3 Å². The number of aryl methyl sites for hydroxylation is 2. The molecular formula is C97H114N10O18. The van der Waals surface area contributed by atoms with E-state index in [1.54, 1.807) is 63.3 Å². The van der Waals surface area contributed by atoms with Crippen LogP contribution in [0.25, 0.3) is 43.1 Å². The van der Waals surface area contributed by atoms with Gasteiger partial charge in [0.25, 0.3) is 44.5 Å². The second-order valence-electron chi connectivity index (χ2n) is 33.1. The number of aromatic nitrogens is 10. The number of rotatable bonds is 33. The van der Waals surface area contributed by atoms with Crippen LogP contribution in [0.2, 0.25) is 0 Å². The first-order chi connectivity index (χ1) is 60.1. The van der Waals surface area contributed by atoms with E-state index >= 15 is 0 Å². The van der Waals surface area contributed by atoms with Crippen LogP contribution in [-0.4, -0.2) is 114 Å². The van der Waals surface area contributed by atoms with Crippen LogP contribution in [0.4, 0.5) is 0 Å². The molecule has 0 N–H and O–H groups in total. The maximum absolute atomic E-state index is 13.3. The van der Waals surface area contributed by atoms with Gasteiger partial charge in [-0.25, -0.2) is 0 Å². The van der Waals surface area contributed by atoms with Crippen molar-refractivity contribution in [2.24, 2.45) is 0 Å². The van der Waals surface area contributed by atoms with Crippen molar-refractivity contribution in [3.63, 3.8) is 0 Å². The molecule has 0 amide bonds. The van der Waals surface area contributed by atoms with Gasteiger partial charge in [0.2, 0.25) is 0 Å². The normalized spacial score (nSPS) is 12.4. The van der Waals surface area contributed by atoms with E-state index in [0.717, 1.165) is 170 Å². The van der Waals surface area contributed by atoms with E-state index in [9.17, 15) is 38.4 Å². The summed E-state index contributed by atoms with van der Waals surface area (Å²) in [5.74, 6) is 7.80. The predicted molar refractivity (Wildman–Crippen MR) is 484 cm³/mol. The summed E-state index contributed by atoms with van der Waals surface area (Å²) in [6, 6.07) is 26.6. The zero-order valence-corrected chi connectivity index (χ0v) is 74.7. The van der Waals surface area contributed by atoms with Crippen molar-refractivity contribution in [1.82, 2.24) is 48.3 Å². The quantitative estimate of drug-likeness (QED) is 0.0345. The number of unbranched alkanes of at least 4 members (excludes halogenated alkanes) is 5. The highest BCUT2D eigenvalue weighted by atomic mass is 16.5. The molecule has 6 heterocycles. The van der Waals surface area contributed by atoms with Crippen LogP contribution in [0.5, 0.6) is 57.5 Å². The van der Waals surface area contributed by atoms with Gasteiger partial charge in [0.15, 0.2) is 0 Å². The Kier molecular flexibility index (Phi) is 28.2. The van der Waals surface area contributed by atoms with Crippen LogP contribution in [0.1, 0.15) is 216 Å². The van der Waals surface area contributed by atoms with Gasteiger partial charge in [0, 0.05) is 112 Å². The van der Waals surface area contributed by atoms with E-state index < -0.39 is 55.6 Å². The SMILES string of the molecule is CC(C)(C)n1c(=O)c2cc3c(=O)n(Cc4cn(CCCCCCCCn5cc(Cn6c(=O)c7cc8c(=O)n(C(C)(C)C)c(=O)c8cc7c6=O)nn5)nn4)c(=O)c3cc2c1=O.CCOc1cc2c(OCC)cc1Cc1cc(OCC)c(cc1OCC)Cc1cc(OCC)c(cc1OCC)Cc1cc(OCC)c(cc1OCC)Cc1cc(OCC)c(cc1OCC)C2. The average molecular weight is 1710 g/mol. The van der Waals surface area contributed by atoms with Gasteiger partial charge in [-0.2, -0.15) is 0 Å². The molecule has 0 aliphatic heterocycles. The molecule has 6 aromatic heterocycles. The Morgan fingerprint density at radius 3 is 0.608 bits per heavy atom. The number of benzene rings is 7. The Morgan fingerprint density at radius 2 is 0.432 bits per heavy atom. The highest BCUT2D eigenvalue weighted by Gasteiger charge is 2.30. The van der Waals surface area contributed by atoms with Crippen molar-refractivity contribution >= 4 is 43.1 Å². The molecule has 10 aliphatic carbocycles. The summed E-state index contributed by atoms with van der Waals surface area (Å²) in [6.45, 7) is 36.6. The lowest BCUT2D eigenvalue weighted by atomic mass is 9.94. The molecule has 0 saturated carbocycles. The van der Waals surface area contributed by atoms with E-state index in [-0.39, 0.29) is 56.2 Å². The molecule has 125 heavy (non-hydrogen) atoms. The molecule has 0 fully saturated rings. The molecule has 13 aromatic rings. The highest BCUT2D eigenvalue weighted by molar-refractivity contribution is 5.99.